The Kier molecular flexibility index (Phi) is 7.08. The maximum atomic E-state index is 12.1. The standard InChI is InChI=1S/C15H29NO3S/c1-10(2)12(13(18)19-14(3,4)5)16-11(17)9-20-15(6,7)8/h10,12H,9H2,1-8H3,(H,16,17)/t12-/m0/s1. The number of hydrogen-bond donors (Lipinski definition) is 1. The summed E-state index contributed by atoms with van der Waals surface area (Å²) < 4.78 is 5.37. The van der Waals surface area contributed by atoms with Crippen LogP contribution in [0.15, 0.2) is 0 Å². The van der Waals surface area contributed by atoms with Crippen molar-refractivity contribution in [3.05, 3.63) is 0 Å². The Labute approximate surface area is 127 Å². The third-order valence-electron chi connectivity index (χ3n) is 2.28. The van der Waals surface area contributed by atoms with Gasteiger partial charge >= 0.3 is 5.97 Å². The number of ether oxygens (including phenoxy) is 1. The lowest BCUT2D eigenvalue weighted by Gasteiger charge is -2.27. The fourth-order valence-corrected chi connectivity index (χ4v) is 2.01. The number of thioether (sulfide) groups is 1. The van der Waals surface area contributed by atoms with Crippen LogP contribution >= 0.6 is 11.8 Å². The van der Waals surface area contributed by atoms with Gasteiger partial charge in [0, 0.05) is 4.75 Å². The van der Waals surface area contributed by atoms with Gasteiger partial charge in [0.1, 0.15) is 11.6 Å². The smallest absolute Gasteiger partial charge is 0.329 e. The Balaban J connectivity index is 4.56. The van der Waals surface area contributed by atoms with Crippen LogP contribution in [0.4, 0.5) is 0 Å². The molecule has 1 atom stereocenters. The lowest BCUT2D eigenvalue weighted by atomic mass is 10.0. The van der Waals surface area contributed by atoms with Gasteiger partial charge in [0.15, 0.2) is 0 Å². The van der Waals surface area contributed by atoms with E-state index in [1.807, 2.05) is 34.6 Å². The van der Waals surface area contributed by atoms with Crippen molar-refractivity contribution in [3.8, 4) is 0 Å². The van der Waals surface area contributed by atoms with Gasteiger partial charge < -0.3 is 10.1 Å². The van der Waals surface area contributed by atoms with E-state index in [1.54, 1.807) is 11.8 Å². The van der Waals surface area contributed by atoms with E-state index in [0.29, 0.717) is 5.75 Å². The van der Waals surface area contributed by atoms with E-state index in [1.165, 1.54) is 0 Å². The fraction of sp³-hybridized carbons (Fsp3) is 0.867. The normalized spacial score (nSPS) is 14.1. The van der Waals surface area contributed by atoms with E-state index in [-0.39, 0.29) is 22.5 Å². The Morgan fingerprint density at radius 2 is 1.60 bits per heavy atom. The van der Waals surface area contributed by atoms with Crippen LogP contribution in [-0.4, -0.2) is 34.0 Å². The van der Waals surface area contributed by atoms with Crippen LogP contribution in [0.2, 0.25) is 0 Å². The van der Waals surface area contributed by atoms with Gasteiger partial charge in [-0.1, -0.05) is 34.6 Å². The largest absolute Gasteiger partial charge is 0.458 e. The molecule has 0 fully saturated rings. The van der Waals surface area contributed by atoms with Gasteiger partial charge in [-0.25, -0.2) is 4.79 Å². The second kappa shape index (κ2) is 7.34. The molecule has 0 aromatic heterocycles. The molecule has 0 aliphatic heterocycles. The molecule has 0 rings (SSSR count). The zero-order valence-electron chi connectivity index (χ0n) is 14.0. The lowest BCUT2D eigenvalue weighted by molar-refractivity contribution is -0.159. The molecular weight excluding hydrogens is 274 g/mol. The van der Waals surface area contributed by atoms with Gasteiger partial charge in [-0.05, 0) is 26.7 Å². The maximum absolute atomic E-state index is 12.1. The topological polar surface area (TPSA) is 55.4 Å². The summed E-state index contributed by atoms with van der Waals surface area (Å²) >= 11 is 1.56. The highest BCUT2D eigenvalue weighted by Crippen LogP contribution is 2.22. The van der Waals surface area contributed by atoms with Gasteiger partial charge in [-0.2, -0.15) is 0 Å². The van der Waals surface area contributed by atoms with E-state index in [4.69, 9.17) is 4.74 Å². The highest BCUT2D eigenvalue weighted by atomic mass is 32.2. The quantitative estimate of drug-likeness (QED) is 0.793. The van der Waals surface area contributed by atoms with Crippen LogP contribution < -0.4 is 5.32 Å². The fourth-order valence-electron chi connectivity index (χ4n) is 1.36. The zero-order chi connectivity index (χ0) is 16.1. The van der Waals surface area contributed by atoms with Gasteiger partial charge in [-0.15, -0.1) is 11.8 Å². The predicted molar refractivity (Wildman–Crippen MR) is 84.8 cm³/mol. The first kappa shape index (κ1) is 19.3. The van der Waals surface area contributed by atoms with Crippen molar-refractivity contribution >= 4 is 23.6 Å². The third kappa shape index (κ3) is 9.23. The summed E-state index contributed by atoms with van der Waals surface area (Å²) in [5, 5.41) is 2.78. The molecule has 20 heavy (non-hydrogen) atoms. The van der Waals surface area contributed by atoms with E-state index >= 15 is 0 Å². The van der Waals surface area contributed by atoms with Crippen molar-refractivity contribution in [3.63, 3.8) is 0 Å². The molecule has 0 saturated heterocycles. The Hall–Kier alpha value is -0.710. The van der Waals surface area contributed by atoms with Gasteiger partial charge in [0.25, 0.3) is 0 Å². The first-order valence-electron chi connectivity index (χ1n) is 6.98. The monoisotopic (exact) mass is 303 g/mol. The van der Waals surface area contributed by atoms with Crippen molar-refractivity contribution in [2.45, 2.75) is 71.8 Å². The maximum Gasteiger partial charge on any atom is 0.329 e. The SMILES string of the molecule is CC(C)[C@H](NC(=O)CSC(C)(C)C)C(=O)OC(C)(C)C. The lowest BCUT2D eigenvalue weighted by Crippen LogP contribution is -2.48. The molecule has 0 spiro atoms. The van der Waals surface area contributed by atoms with E-state index < -0.39 is 11.6 Å². The zero-order valence-corrected chi connectivity index (χ0v) is 14.8. The third-order valence-corrected chi connectivity index (χ3v) is 3.55. The molecule has 0 radical (unpaired) electrons. The second-order valence-electron chi connectivity index (χ2n) is 7.22. The van der Waals surface area contributed by atoms with Crippen molar-refractivity contribution in [2.24, 2.45) is 5.92 Å². The first-order chi connectivity index (χ1) is 8.82. The van der Waals surface area contributed by atoms with E-state index in [2.05, 4.69) is 26.1 Å². The Morgan fingerprint density at radius 3 is 1.95 bits per heavy atom. The molecule has 0 aromatic carbocycles. The molecule has 1 N–H and O–H groups in total. The van der Waals surface area contributed by atoms with Crippen molar-refractivity contribution in [1.82, 2.24) is 5.32 Å². The molecule has 0 bridgehead atoms. The Morgan fingerprint density at radius 1 is 1.10 bits per heavy atom. The number of nitrogens with one attached hydrogen (secondary N) is 1. The number of rotatable bonds is 5. The van der Waals surface area contributed by atoms with Gasteiger partial charge in [-0.3, -0.25) is 4.79 Å². The van der Waals surface area contributed by atoms with Crippen LogP contribution in [0.3, 0.4) is 0 Å². The van der Waals surface area contributed by atoms with Crippen LogP contribution in [-0.2, 0) is 14.3 Å². The minimum absolute atomic E-state index is 0.00608. The number of esters is 1. The molecule has 0 aromatic rings. The van der Waals surface area contributed by atoms with Gasteiger partial charge in [0.05, 0.1) is 5.75 Å². The minimum atomic E-state index is -0.595. The highest BCUT2D eigenvalue weighted by Gasteiger charge is 2.29. The molecule has 1 amide bonds. The molecule has 0 heterocycles. The van der Waals surface area contributed by atoms with Crippen molar-refractivity contribution in [1.29, 1.82) is 0 Å². The van der Waals surface area contributed by atoms with Crippen LogP contribution in [0.1, 0.15) is 55.4 Å². The summed E-state index contributed by atoms with van der Waals surface area (Å²) in [4.78, 5) is 24.0. The Bertz CT molecular complexity index is 340. The highest BCUT2D eigenvalue weighted by molar-refractivity contribution is 8.01. The predicted octanol–water partition coefficient (Wildman–Crippen LogP) is 3.00. The van der Waals surface area contributed by atoms with Crippen LogP contribution in [0.25, 0.3) is 0 Å². The van der Waals surface area contributed by atoms with Crippen molar-refractivity contribution in [2.75, 3.05) is 5.75 Å². The molecule has 5 heteroatoms. The van der Waals surface area contributed by atoms with Gasteiger partial charge in [0.2, 0.25) is 5.91 Å². The number of carbonyl (C=O) groups is 2. The molecule has 118 valence electrons. The number of carbonyl (C=O) groups excluding carboxylic acids is 2. The summed E-state index contributed by atoms with van der Waals surface area (Å²) in [6.07, 6.45) is 0. The molecular formula is C15H29NO3S. The molecule has 0 saturated carbocycles. The minimum Gasteiger partial charge on any atom is -0.458 e. The summed E-state index contributed by atoms with van der Waals surface area (Å²) in [5.74, 6) is -0.167. The van der Waals surface area contributed by atoms with E-state index in [9.17, 15) is 9.59 Å². The summed E-state index contributed by atoms with van der Waals surface area (Å²) in [6.45, 7) is 15.4. The molecule has 4 nitrogen and oxygen atoms in total. The average molecular weight is 303 g/mol. The molecule has 0 unspecified atom stereocenters. The average Bonchev–Trinajstić information content (AvgIpc) is 2.18. The summed E-state index contributed by atoms with van der Waals surface area (Å²) in [5.41, 5.74) is -0.547. The number of hydrogen-bond acceptors (Lipinski definition) is 4. The molecule has 0 aliphatic rings. The number of amides is 1. The van der Waals surface area contributed by atoms with Crippen LogP contribution in [0, 0.1) is 5.92 Å². The molecule has 0 aliphatic carbocycles. The first-order valence-corrected chi connectivity index (χ1v) is 7.96. The van der Waals surface area contributed by atoms with Crippen molar-refractivity contribution < 1.29 is 14.3 Å². The summed E-state index contributed by atoms with van der Waals surface area (Å²) in [6, 6.07) is -0.595. The van der Waals surface area contributed by atoms with E-state index in [0.717, 1.165) is 0 Å². The summed E-state index contributed by atoms with van der Waals surface area (Å²) in [7, 11) is 0. The second-order valence-corrected chi connectivity index (χ2v) is 9.03. The van der Waals surface area contributed by atoms with Crippen LogP contribution in [0.5, 0.6) is 0 Å².